The van der Waals surface area contributed by atoms with Crippen LogP contribution in [0.4, 0.5) is 10.5 Å². The molecule has 1 saturated heterocycles. The number of nitrogens with one attached hydrogen (secondary N) is 1. The topological polar surface area (TPSA) is 103 Å². The van der Waals surface area contributed by atoms with Gasteiger partial charge >= 0.3 is 6.09 Å². The maximum Gasteiger partial charge on any atom is 0.411 e. The summed E-state index contributed by atoms with van der Waals surface area (Å²) in [6.45, 7) is 5.97. The zero-order valence-corrected chi connectivity index (χ0v) is 23.1. The van der Waals surface area contributed by atoms with E-state index in [1.165, 1.54) is 0 Å². The molecule has 3 aliphatic rings. The Kier molecular flexibility index (Phi) is 6.88. The lowest BCUT2D eigenvalue weighted by atomic mass is 9.79. The number of benzene rings is 2. The molecule has 1 aliphatic carbocycles. The fraction of sp³-hybridized carbons (Fsp3) is 0.484. The van der Waals surface area contributed by atoms with E-state index in [4.69, 9.17) is 4.74 Å². The first-order valence-electron chi connectivity index (χ1n) is 13.7. The monoisotopic (exact) mass is 528 g/mol. The third kappa shape index (κ3) is 5.23. The van der Waals surface area contributed by atoms with E-state index in [1.54, 1.807) is 16.8 Å². The second-order valence-corrected chi connectivity index (χ2v) is 12.1. The van der Waals surface area contributed by atoms with E-state index in [0.29, 0.717) is 32.2 Å². The number of carbonyl (C=O) groups is 3. The highest BCUT2D eigenvalue weighted by atomic mass is 16.6. The number of fused-ring (bicyclic) bond motifs is 3. The maximum atomic E-state index is 13.7. The van der Waals surface area contributed by atoms with E-state index >= 15 is 0 Å². The van der Waals surface area contributed by atoms with Crippen LogP contribution in [0.25, 0.3) is 11.1 Å². The van der Waals surface area contributed by atoms with Gasteiger partial charge in [-0.2, -0.15) is 5.26 Å². The molecule has 2 fully saturated rings. The van der Waals surface area contributed by atoms with E-state index in [-0.39, 0.29) is 17.7 Å². The molecule has 1 N–H and O–H groups in total. The van der Waals surface area contributed by atoms with Gasteiger partial charge in [0.25, 0.3) is 0 Å². The average Bonchev–Trinajstić information content (AvgIpc) is 3.34. The lowest BCUT2D eigenvalue weighted by molar-refractivity contribution is -0.133. The van der Waals surface area contributed by atoms with Crippen LogP contribution in [0.2, 0.25) is 0 Å². The average molecular weight is 529 g/mol. The third-order valence-electron chi connectivity index (χ3n) is 8.17. The molecule has 2 aromatic rings. The minimum absolute atomic E-state index is 0.0946. The molecule has 3 unspecified atom stereocenters. The van der Waals surface area contributed by atoms with Crippen LogP contribution in [0.5, 0.6) is 0 Å². The summed E-state index contributed by atoms with van der Waals surface area (Å²) in [6, 6.07) is 15.5. The van der Waals surface area contributed by atoms with Crippen LogP contribution in [0, 0.1) is 17.2 Å². The predicted molar refractivity (Wildman–Crippen MR) is 148 cm³/mol. The second kappa shape index (κ2) is 10.0. The second-order valence-electron chi connectivity index (χ2n) is 12.1. The van der Waals surface area contributed by atoms with E-state index in [9.17, 15) is 19.6 Å². The van der Waals surface area contributed by atoms with Gasteiger partial charge in [-0.3, -0.25) is 14.5 Å². The fourth-order valence-corrected chi connectivity index (χ4v) is 6.21. The van der Waals surface area contributed by atoms with E-state index in [1.807, 2.05) is 63.2 Å². The van der Waals surface area contributed by atoms with Gasteiger partial charge in [-0.1, -0.05) is 42.8 Å². The number of rotatable bonds is 5. The fourth-order valence-electron chi connectivity index (χ4n) is 6.21. The minimum Gasteiger partial charge on any atom is -0.444 e. The summed E-state index contributed by atoms with van der Waals surface area (Å²) in [5.74, 6) is 0.0926. The first kappa shape index (κ1) is 26.7. The van der Waals surface area contributed by atoms with Gasteiger partial charge < -0.3 is 15.0 Å². The third-order valence-corrected chi connectivity index (χ3v) is 8.17. The number of amides is 3. The lowest BCUT2D eigenvalue weighted by Gasteiger charge is -2.39. The first-order chi connectivity index (χ1) is 18.5. The van der Waals surface area contributed by atoms with Gasteiger partial charge in [-0.25, -0.2) is 4.79 Å². The van der Waals surface area contributed by atoms with Crippen molar-refractivity contribution in [2.45, 2.75) is 76.5 Å². The number of anilines is 1. The SMILES string of the molecule is CN1C(=O)Cc2ccc(-c3ccc(CC(C#N)NC(=O)C45CCCC(CN4C(=O)OC(C)(C)C)C5)cc3)cc21. The van der Waals surface area contributed by atoms with Gasteiger partial charge in [-0.15, -0.1) is 0 Å². The highest BCUT2D eigenvalue weighted by molar-refractivity contribution is 6.01. The van der Waals surface area contributed by atoms with Gasteiger partial charge in [0.1, 0.15) is 17.2 Å². The van der Waals surface area contributed by atoms with Gasteiger partial charge in [0.05, 0.1) is 12.5 Å². The Bertz CT molecular complexity index is 1340. The van der Waals surface area contributed by atoms with Crippen molar-refractivity contribution in [1.82, 2.24) is 10.2 Å². The quantitative estimate of drug-likeness (QED) is 0.611. The number of nitriles is 1. The zero-order chi connectivity index (χ0) is 27.9. The Balaban J connectivity index is 1.28. The molecule has 204 valence electrons. The van der Waals surface area contributed by atoms with E-state index in [0.717, 1.165) is 40.8 Å². The predicted octanol–water partition coefficient (Wildman–Crippen LogP) is 4.60. The maximum absolute atomic E-state index is 13.7. The van der Waals surface area contributed by atoms with Crippen molar-refractivity contribution in [1.29, 1.82) is 5.26 Å². The molecular formula is C31H36N4O4. The molecule has 0 spiro atoms. The summed E-state index contributed by atoms with van der Waals surface area (Å²) in [5, 5.41) is 12.8. The Labute approximate surface area is 229 Å². The summed E-state index contributed by atoms with van der Waals surface area (Å²) in [7, 11) is 1.79. The molecule has 0 radical (unpaired) electrons. The number of likely N-dealkylation sites (N-methyl/N-ethyl adjacent to an activating group) is 1. The largest absolute Gasteiger partial charge is 0.444 e. The van der Waals surface area contributed by atoms with Crippen molar-refractivity contribution in [3.8, 4) is 17.2 Å². The van der Waals surface area contributed by atoms with Crippen molar-refractivity contribution >= 4 is 23.6 Å². The summed E-state index contributed by atoms with van der Waals surface area (Å²) in [4.78, 5) is 42.0. The molecular weight excluding hydrogens is 492 g/mol. The van der Waals surface area contributed by atoms with E-state index < -0.39 is 23.3 Å². The summed E-state index contributed by atoms with van der Waals surface area (Å²) in [6.07, 6.45) is 3.35. The minimum atomic E-state index is -0.966. The van der Waals surface area contributed by atoms with Crippen LogP contribution in [0.1, 0.15) is 57.6 Å². The Morgan fingerprint density at radius 1 is 1.18 bits per heavy atom. The first-order valence-corrected chi connectivity index (χ1v) is 13.7. The van der Waals surface area contributed by atoms with Crippen LogP contribution in [-0.2, 0) is 27.2 Å². The van der Waals surface area contributed by atoms with Gasteiger partial charge in [0, 0.05) is 25.7 Å². The number of likely N-dealkylation sites (tertiary alicyclic amines) is 1. The molecule has 3 amide bonds. The molecule has 39 heavy (non-hydrogen) atoms. The lowest BCUT2D eigenvalue weighted by Crippen LogP contribution is -2.59. The van der Waals surface area contributed by atoms with Crippen molar-refractivity contribution in [3.05, 3.63) is 53.6 Å². The summed E-state index contributed by atoms with van der Waals surface area (Å²) < 4.78 is 5.64. The normalized spacial score (nSPS) is 22.7. The van der Waals surface area contributed by atoms with Crippen molar-refractivity contribution in [2.75, 3.05) is 18.5 Å². The molecule has 8 nitrogen and oxygen atoms in total. The molecule has 3 atom stereocenters. The molecule has 5 rings (SSSR count). The Hall–Kier alpha value is -3.86. The highest BCUT2D eigenvalue weighted by Gasteiger charge is 2.56. The molecule has 2 heterocycles. The Morgan fingerprint density at radius 2 is 1.90 bits per heavy atom. The highest BCUT2D eigenvalue weighted by Crippen LogP contribution is 2.45. The summed E-state index contributed by atoms with van der Waals surface area (Å²) >= 11 is 0. The molecule has 8 heteroatoms. The van der Waals surface area contributed by atoms with Crippen LogP contribution >= 0.6 is 0 Å². The molecule has 2 aliphatic heterocycles. The molecule has 2 bridgehead atoms. The Morgan fingerprint density at radius 3 is 2.59 bits per heavy atom. The van der Waals surface area contributed by atoms with Crippen LogP contribution in [0.15, 0.2) is 42.5 Å². The summed E-state index contributed by atoms with van der Waals surface area (Å²) in [5.41, 5.74) is 3.30. The van der Waals surface area contributed by atoms with Crippen LogP contribution < -0.4 is 10.2 Å². The van der Waals surface area contributed by atoms with Gasteiger partial charge in [0.2, 0.25) is 11.8 Å². The van der Waals surface area contributed by atoms with E-state index in [2.05, 4.69) is 11.4 Å². The number of hydrogen-bond acceptors (Lipinski definition) is 5. The van der Waals surface area contributed by atoms with Gasteiger partial charge in [0.15, 0.2) is 0 Å². The number of ether oxygens (including phenoxy) is 1. The number of hydrogen-bond donors (Lipinski definition) is 1. The smallest absolute Gasteiger partial charge is 0.411 e. The molecule has 0 aromatic heterocycles. The van der Waals surface area contributed by atoms with Gasteiger partial charge in [-0.05, 0) is 74.3 Å². The van der Waals surface area contributed by atoms with Crippen LogP contribution in [0.3, 0.4) is 0 Å². The molecule has 2 aromatic carbocycles. The molecule has 1 saturated carbocycles. The van der Waals surface area contributed by atoms with Crippen molar-refractivity contribution < 1.29 is 19.1 Å². The number of nitrogens with zero attached hydrogens (tertiary/aromatic N) is 3. The standard InChI is InChI=1S/C31H36N4O4/c1-30(2,3)39-29(38)35-19-21-6-5-13-31(35,17-21)28(37)33-25(18-32)14-20-7-9-22(10-8-20)23-11-12-24-16-27(36)34(4)26(24)15-23/h7-12,15,21,25H,5-6,13-14,16-17,19H2,1-4H3,(H,33,37). The van der Waals surface area contributed by atoms with Crippen molar-refractivity contribution in [2.24, 2.45) is 5.92 Å². The zero-order valence-electron chi connectivity index (χ0n) is 23.1. The van der Waals surface area contributed by atoms with Crippen LogP contribution in [-0.4, -0.2) is 53.6 Å². The number of carbonyl (C=O) groups excluding carboxylic acids is 3. The van der Waals surface area contributed by atoms with Crippen molar-refractivity contribution in [3.63, 3.8) is 0 Å².